The summed E-state index contributed by atoms with van der Waals surface area (Å²) in [6.07, 6.45) is 6.67. The van der Waals surface area contributed by atoms with Crippen molar-refractivity contribution in [3.8, 4) is 0 Å². The molecule has 0 radical (unpaired) electrons. The Bertz CT molecular complexity index is 1110. The van der Waals surface area contributed by atoms with Gasteiger partial charge in [0.15, 0.2) is 5.78 Å². The van der Waals surface area contributed by atoms with Crippen molar-refractivity contribution in [2.24, 2.45) is 11.8 Å². The SMILES string of the molecule is O=C1C(c2ccccc2)=CC2C=CC1C1c3cccc4cccc(c34)C21. The molecule has 3 aromatic carbocycles. The number of hydrogen-bond donors (Lipinski definition) is 0. The number of fused-ring (bicyclic) bond motifs is 1. The summed E-state index contributed by atoms with van der Waals surface area (Å²) in [6.45, 7) is 0. The van der Waals surface area contributed by atoms with Crippen LogP contribution >= 0.6 is 0 Å². The molecule has 0 aliphatic heterocycles. The third kappa shape index (κ3) is 1.73. The zero-order valence-corrected chi connectivity index (χ0v) is 14.3. The van der Waals surface area contributed by atoms with E-state index >= 15 is 0 Å². The Morgan fingerprint density at radius 1 is 0.692 bits per heavy atom. The second-order valence-electron chi connectivity index (χ2n) is 7.64. The van der Waals surface area contributed by atoms with E-state index in [4.69, 9.17) is 0 Å². The molecule has 4 atom stereocenters. The summed E-state index contributed by atoms with van der Waals surface area (Å²) < 4.78 is 0. The van der Waals surface area contributed by atoms with Crippen LogP contribution in [0.4, 0.5) is 0 Å². The van der Waals surface area contributed by atoms with Crippen molar-refractivity contribution in [3.63, 3.8) is 0 Å². The molecule has 26 heavy (non-hydrogen) atoms. The maximum Gasteiger partial charge on any atom is 0.170 e. The van der Waals surface area contributed by atoms with Crippen LogP contribution in [0.1, 0.15) is 28.5 Å². The summed E-state index contributed by atoms with van der Waals surface area (Å²) in [7, 11) is 0. The smallest absolute Gasteiger partial charge is 0.170 e. The predicted molar refractivity (Wildman–Crippen MR) is 105 cm³/mol. The Labute approximate surface area is 152 Å². The van der Waals surface area contributed by atoms with Crippen molar-refractivity contribution in [1.29, 1.82) is 0 Å². The maximum absolute atomic E-state index is 13.5. The Morgan fingerprint density at radius 3 is 2.19 bits per heavy atom. The zero-order chi connectivity index (χ0) is 17.3. The van der Waals surface area contributed by atoms with Crippen LogP contribution in [-0.2, 0) is 4.79 Å². The first-order valence-electron chi connectivity index (χ1n) is 9.34. The molecule has 0 amide bonds. The minimum absolute atomic E-state index is 0.0665. The third-order valence-corrected chi connectivity index (χ3v) is 6.43. The van der Waals surface area contributed by atoms with Crippen LogP contribution in [0.5, 0.6) is 0 Å². The van der Waals surface area contributed by atoms with Crippen LogP contribution in [0.2, 0.25) is 0 Å². The first kappa shape index (κ1) is 14.3. The van der Waals surface area contributed by atoms with Crippen LogP contribution < -0.4 is 0 Å². The summed E-state index contributed by atoms with van der Waals surface area (Å²) in [6, 6.07) is 23.3. The monoisotopic (exact) mass is 334 g/mol. The van der Waals surface area contributed by atoms with Gasteiger partial charge in [-0.05, 0) is 27.5 Å². The van der Waals surface area contributed by atoms with Gasteiger partial charge in [0.25, 0.3) is 0 Å². The van der Waals surface area contributed by atoms with Crippen LogP contribution in [0, 0.1) is 11.8 Å². The van der Waals surface area contributed by atoms with Crippen molar-refractivity contribution in [3.05, 3.63) is 102 Å². The number of carbonyl (C=O) groups is 1. The number of Topliss-reactive ketones (excluding diaryl/α,β-unsaturated/α-hetero) is 1. The zero-order valence-electron chi connectivity index (χ0n) is 14.3. The van der Waals surface area contributed by atoms with E-state index < -0.39 is 0 Å². The fourth-order valence-corrected chi connectivity index (χ4v) is 5.41. The fraction of sp³-hybridized carbons (Fsp3) is 0.160. The molecular formula is C25H18O. The summed E-state index contributed by atoms with van der Waals surface area (Å²) in [5, 5.41) is 2.68. The van der Waals surface area contributed by atoms with Gasteiger partial charge in [-0.3, -0.25) is 4.79 Å². The molecule has 1 heteroatoms. The molecule has 0 saturated carbocycles. The number of ketones is 1. The fourth-order valence-electron chi connectivity index (χ4n) is 5.41. The summed E-state index contributed by atoms with van der Waals surface area (Å²) in [5.41, 5.74) is 4.71. The molecule has 0 saturated heterocycles. The quantitative estimate of drug-likeness (QED) is 0.538. The standard InChI is InChI=1S/C25H18O/c26-25-20-13-12-17(14-21(25)15-6-2-1-3-7-15)23-18-10-4-8-16-9-5-11-19(22(16)18)24(20)23/h1-14,17,20,23-24H. The van der Waals surface area contributed by atoms with Crippen LogP contribution in [-0.4, -0.2) is 5.78 Å². The maximum atomic E-state index is 13.5. The van der Waals surface area contributed by atoms with Crippen molar-refractivity contribution in [1.82, 2.24) is 0 Å². The van der Waals surface area contributed by atoms with Gasteiger partial charge in [-0.25, -0.2) is 0 Å². The van der Waals surface area contributed by atoms with Crippen LogP contribution in [0.3, 0.4) is 0 Å². The molecule has 0 aromatic heterocycles. The van der Waals surface area contributed by atoms with E-state index in [0.29, 0.717) is 5.92 Å². The van der Waals surface area contributed by atoms with E-state index in [9.17, 15) is 4.79 Å². The van der Waals surface area contributed by atoms with Gasteiger partial charge in [0.05, 0.1) is 0 Å². The van der Waals surface area contributed by atoms with Gasteiger partial charge < -0.3 is 0 Å². The van der Waals surface area contributed by atoms with Gasteiger partial charge in [0.2, 0.25) is 0 Å². The average molecular weight is 334 g/mol. The van der Waals surface area contributed by atoms with Crippen molar-refractivity contribution >= 4 is 22.1 Å². The van der Waals surface area contributed by atoms with Gasteiger partial charge in [-0.15, -0.1) is 0 Å². The second-order valence-corrected chi connectivity index (χ2v) is 7.64. The van der Waals surface area contributed by atoms with E-state index in [-0.39, 0.29) is 23.5 Å². The summed E-state index contributed by atoms with van der Waals surface area (Å²) in [5.74, 6) is 1.11. The Balaban J connectivity index is 1.60. The lowest BCUT2D eigenvalue weighted by Gasteiger charge is -2.32. The van der Waals surface area contributed by atoms with E-state index in [1.54, 1.807) is 0 Å². The first-order chi connectivity index (χ1) is 12.8. The molecule has 0 fully saturated rings. The topological polar surface area (TPSA) is 17.1 Å². The molecule has 4 aliphatic carbocycles. The molecule has 7 rings (SSSR count). The lowest BCUT2D eigenvalue weighted by molar-refractivity contribution is -0.116. The second kappa shape index (κ2) is 5.04. The highest BCUT2D eigenvalue weighted by Gasteiger charge is 2.48. The average Bonchev–Trinajstić information content (AvgIpc) is 2.87. The Morgan fingerprint density at radius 2 is 1.42 bits per heavy atom. The molecule has 0 spiro atoms. The van der Waals surface area contributed by atoms with Crippen molar-refractivity contribution < 1.29 is 4.79 Å². The molecule has 4 aliphatic rings. The normalized spacial score (nSPS) is 28.2. The lowest BCUT2D eigenvalue weighted by Crippen LogP contribution is -2.26. The third-order valence-electron chi connectivity index (χ3n) is 6.43. The van der Waals surface area contributed by atoms with E-state index in [1.165, 1.54) is 21.9 Å². The van der Waals surface area contributed by atoms with Crippen LogP contribution in [0.25, 0.3) is 16.3 Å². The molecule has 0 N–H and O–H groups in total. The Kier molecular flexibility index (Phi) is 2.77. The van der Waals surface area contributed by atoms with Gasteiger partial charge in [-0.2, -0.15) is 0 Å². The number of carbonyl (C=O) groups excluding carboxylic acids is 1. The van der Waals surface area contributed by atoms with Crippen LogP contribution in [0.15, 0.2) is 85.0 Å². The van der Waals surface area contributed by atoms with Crippen molar-refractivity contribution in [2.75, 3.05) is 0 Å². The number of benzene rings is 3. The van der Waals surface area contributed by atoms with E-state index in [1.807, 2.05) is 18.2 Å². The summed E-state index contributed by atoms with van der Waals surface area (Å²) in [4.78, 5) is 13.5. The minimum Gasteiger partial charge on any atom is -0.293 e. The highest BCUT2D eigenvalue weighted by molar-refractivity contribution is 6.23. The molecule has 3 aromatic rings. The van der Waals surface area contributed by atoms with Crippen molar-refractivity contribution in [2.45, 2.75) is 11.8 Å². The first-order valence-corrected chi connectivity index (χ1v) is 9.34. The van der Waals surface area contributed by atoms with E-state index in [2.05, 4.69) is 66.8 Å². The van der Waals surface area contributed by atoms with E-state index in [0.717, 1.165) is 11.1 Å². The number of rotatable bonds is 1. The number of allylic oxidation sites excluding steroid dienone is 4. The predicted octanol–water partition coefficient (Wildman–Crippen LogP) is 5.49. The molecule has 4 unspecified atom stereocenters. The van der Waals surface area contributed by atoms with Gasteiger partial charge in [0.1, 0.15) is 0 Å². The molecule has 124 valence electrons. The lowest BCUT2D eigenvalue weighted by atomic mass is 9.70. The summed E-state index contributed by atoms with van der Waals surface area (Å²) >= 11 is 0. The highest BCUT2D eigenvalue weighted by atomic mass is 16.1. The minimum atomic E-state index is -0.0665. The largest absolute Gasteiger partial charge is 0.293 e. The molecule has 1 nitrogen and oxygen atoms in total. The van der Waals surface area contributed by atoms with Gasteiger partial charge in [-0.1, -0.05) is 85.0 Å². The molecular weight excluding hydrogens is 316 g/mol. The molecule has 0 heterocycles. The molecule has 2 bridgehead atoms. The van der Waals surface area contributed by atoms with Gasteiger partial charge >= 0.3 is 0 Å². The highest BCUT2D eigenvalue weighted by Crippen LogP contribution is 2.58. The Hall–Kier alpha value is -2.93. The van der Waals surface area contributed by atoms with Gasteiger partial charge in [0, 0.05) is 29.2 Å². The number of hydrogen-bond acceptors (Lipinski definition) is 1.